The second kappa shape index (κ2) is 5.51. The van der Waals surface area contributed by atoms with Gasteiger partial charge in [0.2, 0.25) is 0 Å². The molecule has 1 heterocycles. The lowest BCUT2D eigenvalue weighted by molar-refractivity contribution is 0.600. The van der Waals surface area contributed by atoms with Gasteiger partial charge in [0.05, 0.1) is 5.69 Å². The third-order valence-corrected chi connectivity index (χ3v) is 5.73. The zero-order valence-electron chi connectivity index (χ0n) is 11.1. The second-order valence-corrected chi connectivity index (χ2v) is 7.03. The Bertz CT molecular complexity index is 739. The molecule has 0 spiro atoms. The maximum absolute atomic E-state index is 13.5. The van der Waals surface area contributed by atoms with Gasteiger partial charge in [-0.25, -0.2) is 12.8 Å². The molecule has 0 bridgehead atoms. The first kappa shape index (κ1) is 15.0. The number of halogens is 1. The number of thiophene rings is 1. The average Bonchev–Trinajstić information content (AvgIpc) is 2.75. The summed E-state index contributed by atoms with van der Waals surface area (Å²) < 4.78 is 40.6. The first-order valence-corrected chi connectivity index (χ1v) is 8.27. The second-order valence-electron chi connectivity index (χ2n) is 4.44. The average molecular weight is 314 g/mol. The Labute approximate surface area is 121 Å². The molecule has 0 aliphatic carbocycles. The lowest BCUT2D eigenvalue weighted by atomic mass is 10.2. The molecule has 0 unspecified atom stereocenters. The van der Waals surface area contributed by atoms with Crippen molar-refractivity contribution in [3.8, 4) is 0 Å². The van der Waals surface area contributed by atoms with E-state index in [4.69, 9.17) is 5.73 Å². The Morgan fingerprint density at radius 2 is 2.00 bits per heavy atom. The van der Waals surface area contributed by atoms with Crippen LogP contribution in [0.5, 0.6) is 0 Å². The van der Waals surface area contributed by atoms with Crippen LogP contribution in [0.4, 0.5) is 10.1 Å². The predicted molar refractivity (Wildman–Crippen MR) is 78.9 cm³/mol. The lowest BCUT2D eigenvalue weighted by Crippen LogP contribution is -2.16. The molecule has 1 aromatic heterocycles. The maximum atomic E-state index is 13.5. The number of benzene rings is 1. The number of rotatable bonds is 4. The van der Waals surface area contributed by atoms with Crippen LogP contribution in [0.2, 0.25) is 0 Å². The standard InChI is InChI=1S/C13H15FN2O2S2/c1-8-3-4-10(5-11(8)14)16-20(17,18)13-9(2)7-19-12(13)6-15/h3-5,7,16H,6,15H2,1-2H3. The van der Waals surface area contributed by atoms with E-state index >= 15 is 0 Å². The summed E-state index contributed by atoms with van der Waals surface area (Å²) in [5.41, 5.74) is 6.85. The van der Waals surface area contributed by atoms with Crippen molar-refractivity contribution < 1.29 is 12.8 Å². The minimum Gasteiger partial charge on any atom is -0.326 e. The minimum absolute atomic E-state index is 0.150. The van der Waals surface area contributed by atoms with Crippen LogP contribution in [0.25, 0.3) is 0 Å². The van der Waals surface area contributed by atoms with Gasteiger partial charge in [-0.15, -0.1) is 11.3 Å². The van der Waals surface area contributed by atoms with Gasteiger partial charge < -0.3 is 5.73 Å². The number of hydrogen-bond donors (Lipinski definition) is 2. The highest BCUT2D eigenvalue weighted by Crippen LogP contribution is 2.28. The molecule has 0 atom stereocenters. The molecule has 0 fully saturated rings. The Morgan fingerprint density at radius 1 is 1.30 bits per heavy atom. The highest BCUT2D eigenvalue weighted by Gasteiger charge is 2.22. The molecule has 0 saturated heterocycles. The molecule has 0 saturated carbocycles. The highest BCUT2D eigenvalue weighted by molar-refractivity contribution is 7.93. The topological polar surface area (TPSA) is 72.2 Å². The fourth-order valence-electron chi connectivity index (χ4n) is 1.85. The van der Waals surface area contributed by atoms with E-state index in [0.717, 1.165) is 6.07 Å². The zero-order valence-corrected chi connectivity index (χ0v) is 12.7. The Balaban J connectivity index is 2.40. The first-order valence-electron chi connectivity index (χ1n) is 5.91. The van der Waals surface area contributed by atoms with E-state index in [-0.39, 0.29) is 17.1 Å². The molecule has 0 radical (unpaired) electrons. The normalized spacial score (nSPS) is 11.6. The van der Waals surface area contributed by atoms with Crippen LogP contribution in [0.15, 0.2) is 28.5 Å². The van der Waals surface area contributed by atoms with Gasteiger partial charge >= 0.3 is 0 Å². The molecule has 0 aliphatic rings. The number of anilines is 1. The summed E-state index contributed by atoms with van der Waals surface area (Å²) in [6.45, 7) is 3.47. The van der Waals surface area contributed by atoms with E-state index in [1.54, 1.807) is 19.2 Å². The van der Waals surface area contributed by atoms with Crippen molar-refractivity contribution in [3.05, 3.63) is 45.4 Å². The molecule has 2 rings (SSSR count). The van der Waals surface area contributed by atoms with E-state index < -0.39 is 15.8 Å². The Kier molecular flexibility index (Phi) is 4.12. The van der Waals surface area contributed by atoms with Crippen LogP contribution >= 0.6 is 11.3 Å². The zero-order chi connectivity index (χ0) is 14.9. The Morgan fingerprint density at radius 3 is 2.60 bits per heavy atom. The van der Waals surface area contributed by atoms with Crippen molar-refractivity contribution in [1.29, 1.82) is 0 Å². The van der Waals surface area contributed by atoms with Crippen LogP contribution in [-0.4, -0.2) is 8.42 Å². The number of nitrogens with one attached hydrogen (secondary N) is 1. The van der Waals surface area contributed by atoms with Gasteiger partial charge in [-0.05, 0) is 42.5 Å². The molecule has 0 aliphatic heterocycles. The van der Waals surface area contributed by atoms with Gasteiger partial charge in [-0.2, -0.15) is 0 Å². The first-order chi connectivity index (χ1) is 9.35. The molecule has 4 nitrogen and oxygen atoms in total. The van der Waals surface area contributed by atoms with Gasteiger partial charge in [-0.1, -0.05) is 6.07 Å². The van der Waals surface area contributed by atoms with Gasteiger partial charge in [-0.3, -0.25) is 4.72 Å². The summed E-state index contributed by atoms with van der Waals surface area (Å²) in [4.78, 5) is 0.772. The van der Waals surface area contributed by atoms with Crippen molar-refractivity contribution in [2.45, 2.75) is 25.3 Å². The lowest BCUT2D eigenvalue weighted by Gasteiger charge is -2.10. The predicted octanol–water partition coefficient (Wildman–Crippen LogP) is 2.76. The molecule has 20 heavy (non-hydrogen) atoms. The molecule has 3 N–H and O–H groups in total. The molecule has 0 amide bonds. The van der Waals surface area contributed by atoms with E-state index in [9.17, 15) is 12.8 Å². The summed E-state index contributed by atoms with van der Waals surface area (Å²) in [6.07, 6.45) is 0. The van der Waals surface area contributed by atoms with Crippen LogP contribution in [0, 0.1) is 19.7 Å². The SMILES string of the molecule is Cc1ccc(NS(=O)(=O)c2c(C)csc2CN)cc1F. The largest absolute Gasteiger partial charge is 0.326 e. The van der Waals surface area contributed by atoms with E-state index in [2.05, 4.69) is 4.72 Å². The molecular formula is C13H15FN2O2S2. The fraction of sp³-hybridized carbons (Fsp3) is 0.231. The summed E-state index contributed by atoms with van der Waals surface area (Å²) in [6, 6.07) is 4.22. The smallest absolute Gasteiger partial charge is 0.263 e. The summed E-state index contributed by atoms with van der Waals surface area (Å²) in [5.74, 6) is -0.453. The van der Waals surface area contributed by atoms with Crippen LogP contribution in [-0.2, 0) is 16.6 Å². The van der Waals surface area contributed by atoms with Crippen LogP contribution in [0.3, 0.4) is 0 Å². The summed E-state index contributed by atoms with van der Waals surface area (Å²) >= 11 is 1.30. The number of aryl methyl sites for hydroxylation is 2. The molecule has 108 valence electrons. The monoisotopic (exact) mass is 314 g/mol. The quantitative estimate of drug-likeness (QED) is 0.911. The van der Waals surface area contributed by atoms with Gasteiger partial charge in [0.1, 0.15) is 10.7 Å². The fourth-order valence-corrected chi connectivity index (χ4v) is 4.61. The molecule has 2 aromatic rings. The van der Waals surface area contributed by atoms with E-state index in [1.165, 1.54) is 23.5 Å². The van der Waals surface area contributed by atoms with Gasteiger partial charge in [0, 0.05) is 11.4 Å². The van der Waals surface area contributed by atoms with E-state index in [1.807, 2.05) is 0 Å². The Hall–Kier alpha value is -1.44. The number of sulfonamides is 1. The molecular weight excluding hydrogens is 299 g/mol. The van der Waals surface area contributed by atoms with Crippen molar-refractivity contribution in [1.82, 2.24) is 0 Å². The third kappa shape index (κ3) is 2.84. The minimum atomic E-state index is -3.76. The van der Waals surface area contributed by atoms with Crippen molar-refractivity contribution in [3.63, 3.8) is 0 Å². The molecule has 1 aromatic carbocycles. The molecule has 7 heteroatoms. The summed E-state index contributed by atoms with van der Waals surface area (Å²) in [5, 5.41) is 1.74. The number of nitrogens with two attached hydrogens (primary N) is 1. The highest BCUT2D eigenvalue weighted by atomic mass is 32.2. The number of hydrogen-bond acceptors (Lipinski definition) is 4. The van der Waals surface area contributed by atoms with Crippen molar-refractivity contribution in [2.75, 3.05) is 4.72 Å². The third-order valence-electron chi connectivity index (χ3n) is 2.87. The maximum Gasteiger partial charge on any atom is 0.263 e. The van der Waals surface area contributed by atoms with Gasteiger partial charge in [0.15, 0.2) is 0 Å². The van der Waals surface area contributed by atoms with Crippen molar-refractivity contribution in [2.24, 2.45) is 5.73 Å². The van der Waals surface area contributed by atoms with Crippen molar-refractivity contribution >= 4 is 27.0 Å². The van der Waals surface area contributed by atoms with Crippen LogP contribution < -0.4 is 10.5 Å². The van der Waals surface area contributed by atoms with Gasteiger partial charge in [0.25, 0.3) is 10.0 Å². The summed E-state index contributed by atoms with van der Waals surface area (Å²) in [7, 11) is -3.76. The van der Waals surface area contributed by atoms with E-state index in [0.29, 0.717) is 16.0 Å². The van der Waals surface area contributed by atoms with Crippen LogP contribution in [0.1, 0.15) is 16.0 Å².